The van der Waals surface area contributed by atoms with E-state index in [2.05, 4.69) is 23.9 Å². The Labute approximate surface area is 128 Å². The van der Waals surface area contributed by atoms with E-state index in [9.17, 15) is 9.90 Å². The molecule has 21 heavy (non-hydrogen) atoms. The van der Waals surface area contributed by atoms with Crippen LogP contribution in [-0.4, -0.2) is 25.8 Å². The van der Waals surface area contributed by atoms with Crippen LogP contribution in [0.5, 0.6) is 0 Å². The maximum absolute atomic E-state index is 11.6. The van der Waals surface area contributed by atoms with E-state index in [1.54, 1.807) is 28.9 Å². The predicted molar refractivity (Wildman–Crippen MR) is 80.4 cm³/mol. The van der Waals surface area contributed by atoms with Gasteiger partial charge in [0, 0.05) is 18.0 Å². The Balaban J connectivity index is 2.25. The third-order valence-corrected chi connectivity index (χ3v) is 3.40. The van der Waals surface area contributed by atoms with Crippen LogP contribution in [0, 0.1) is 5.92 Å². The first-order valence-electron chi connectivity index (χ1n) is 6.82. The van der Waals surface area contributed by atoms with Crippen molar-refractivity contribution < 1.29 is 9.90 Å². The summed E-state index contributed by atoms with van der Waals surface area (Å²) < 4.78 is 1.77. The van der Waals surface area contributed by atoms with Crippen LogP contribution in [0.1, 0.15) is 31.2 Å². The average molecular weight is 308 g/mol. The van der Waals surface area contributed by atoms with Crippen LogP contribution in [0.2, 0.25) is 5.02 Å². The van der Waals surface area contributed by atoms with E-state index in [-0.39, 0.29) is 0 Å². The zero-order valence-corrected chi connectivity index (χ0v) is 12.8. The Morgan fingerprint density at radius 1 is 1.43 bits per heavy atom. The van der Waals surface area contributed by atoms with Crippen molar-refractivity contribution in [1.29, 1.82) is 0 Å². The normalized spacial score (nSPS) is 12.6. The monoisotopic (exact) mass is 307 g/mol. The van der Waals surface area contributed by atoms with Crippen molar-refractivity contribution in [3.8, 4) is 0 Å². The SMILES string of the molecule is CC(C)Cn1ncnc1CC(C(=O)O)c1cccc(Cl)c1. The van der Waals surface area contributed by atoms with Crippen LogP contribution in [0.4, 0.5) is 0 Å². The Morgan fingerprint density at radius 3 is 2.81 bits per heavy atom. The second-order valence-corrected chi connectivity index (χ2v) is 5.84. The number of rotatable bonds is 6. The van der Waals surface area contributed by atoms with Crippen molar-refractivity contribution in [3.63, 3.8) is 0 Å². The summed E-state index contributed by atoms with van der Waals surface area (Å²) in [5.41, 5.74) is 0.675. The molecule has 0 bridgehead atoms. The second-order valence-electron chi connectivity index (χ2n) is 5.40. The lowest BCUT2D eigenvalue weighted by Gasteiger charge is -2.14. The van der Waals surface area contributed by atoms with Gasteiger partial charge in [0.15, 0.2) is 0 Å². The number of halogens is 1. The zero-order valence-electron chi connectivity index (χ0n) is 12.0. The molecule has 0 saturated carbocycles. The molecule has 1 heterocycles. The fraction of sp³-hybridized carbons (Fsp3) is 0.400. The van der Waals surface area contributed by atoms with Crippen molar-refractivity contribution in [1.82, 2.24) is 14.8 Å². The first-order chi connectivity index (χ1) is 9.97. The van der Waals surface area contributed by atoms with Crippen LogP contribution < -0.4 is 0 Å². The summed E-state index contributed by atoms with van der Waals surface area (Å²) in [5, 5.41) is 14.2. The van der Waals surface area contributed by atoms with Crippen LogP contribution >= 0.6 is 11.6 Å². The van der Waals surface area contributed by atoms with Gasteiger partial charge in [0.25, 0.3) is 0 Å². The topological polar surface area (TPSA) is 68.0 Å². The van der Waals surface area contributed by atoms with Gasteiger partial charge in [-0.15, -0.1) is 0 Å². The minimum atomic E-state index is -0.892. The molecule has 0 spiro atoms. The third-order valence-electron chi connectivity index (χ3n) is 3.17. The molecule has 0 aliphatic rings. The predicted octanol–water partition coefficient (Wildman–Crippen LogP) is 3.00. The fourth-order valence-electron chi connectivity index (χ4n) is 2.20. The van der Waals surface area contributed by atoms with Crippen molar-refractivity contribution in [2.45, 2.75) is 32.7 Å². The molecule has 0 aliphatic heterocycles. The first-order valence-corrected chi connectivity index (χ1v) is 7.20. The smallest absolute Gasteiger partial charge is 0.311 e. The van der Waals surface area contributed by atoms with Gasteiger partial charge >= 0.3 is 5.97 Å². The van der Waals surface area contributed by atoms with E-state index in [4.69, 9.17) is 11.6 Å². The highest BCUT2D eigenvalue weighted by atomic mass is 35.5. The lowest BCUT2D eigenvalue weighted by molar-refractivity contribution is -0.138. The number of aromatic nitrogens is 3. The minimum absolute atomic E-state index is 0.294. The summed E-state index contributed by atoms with van der Waals surface area (Å²) in [4.78, 5) is 15.8. The van der Waals surface area contributed by atoms with Crippen molar-refractivity contribution in [3.05, 3.63) is 47.0 Å². The van der Waals surface area contributed by atoms with Gasteiger partial charge in [-0.2, -0.15) is 5.10 Å². The van der Waals surface area contributed by atoms with Gasteiger partial charge in [0.2, 0.25) is 0 Å². The molecule has 1 aromatic heterocycles. The van der Waals surface area contributed by atoms with E-state index in [1.165, 1.54) is 6.33 Å². The van der Waals surface area contributed by atoms with E-state index in [0.29, 0.717) is 28.7 Å². The van der Waals surface area contributed by atoms with E-state index >= 15 is 0 Å². The summed E-state index contributed by atoms with van der Waals surface area (Å²) in [6.07, 6.45) is 1.76. The molecule has 1 atom stereocenters. The maximum Gasteiger partial charge on any atom is 0.311 e. The molecule has 6 heteroatoms. The number of hydrogen-bond donors (Lipinski definition) is 1. The third kappa shape index (κ3) is 4.04. The number of carboxylic acid groups (broad SMARTS) is 1. The van der Waals surface area contributed by atoms with Gasteiger partial charge in [-0.1, -0.05) is 37.6 Å². The number of nitrogens with zero attached hydrogens (tertiary/aromatic N) is 3. The van der Waals surface area contributed by atoms with Gasteiger partial charge < -0.3 is 5.11 Å². The minimum Gasteiger partial charge on any atom is -0.481 e. The number of carbonyl (C=O) groups is 1. The van der Waals surface area contributed by atoms with E-state index in [1.807, 2.05) is 0 Å². The highest BCUT2D eigenvalue weighted by molar-refractivity contribution is 6.30. The molecule has 0 amide bonds. The molecule has 1 aromatic carbocycles. The molecule has 5 nitrogen and oxygen atoms in total. The number of hydrogen-bond acceptors (Lipinski definition) is 3. The van der Waals surface area contributed by atoms with E-state index in [0.717, 1.165) is 6.54 Å². The van der Waals surface area contributed by atoms with Crippen molar-refractivity contribution in [2.24, 2.45) is 5.92 Å². The Morgan fingerprint density at radius 2 is 2.19 bits per heavy atom. The highest BCUT2D eigenvalue weighted by Crippen LogP contribution is 2.23. The van der Waals surface area contributed by atoms with Gasteiger partial charge in [-0.3, -0.25) is 4.79 Å². The molecule has 0 aliphatic carbocycles. The molecule has 1 N–H and O–H groups in total. The molecule has 0 radical (unpaired) electrons. The lowest BCUT2D eigenvalue weighted by Crippen LogP contribution is -2.18. The summed E-state index contributed by atoms with van der Waals surface area (Å²) in [6.45, 7) is 4.88. The first kappa shape index (κ1) is 15.5. The van der Waals surface area contributed by atoms with Crippen LogP contribution in [0.15, 0.2) is 30.6 Å². The quantitative estimate of drug-likeness (QED) is 0.890. The van der Waals surface area contributed by atoms with Gasteiger partial charge in [0.05, 0.1) is 5.92 Å². The number of carboxylic acids is 1. The molecular weight excluding hydrogens is 290 g/mol. The van der Waals surface area contributed by atoms with Crippen molar-refractivity contribution >= 4 is 17.6 Å². The molecule has 0 fully saturated rings. The molecule has 2 aromatic rings. The van der Waals surface area contributed by atoms with Crippen molar-refractivity contribution in [2.75, 3.05) is 0 Å². The zero-order chi connectivity index (χ0) is 15.4. The lowest BCUT2D eigenvalue weighted by atomic mass is 9.95. The molecule has 112 valence electrons. The molecule has 0 saturated heterocycles. The maximum atomic E-state index is 11.6. The van der Waals surface area contributed by atoms with Crippen LogP contribution in [0.3, 0.4) is 0 Å². The summed E-state index contributed by atoms with van der Waals surface area (Å²) in [7, 11) is 0. The average Bonchev–Trinajstić information content (AvgIpc) is 2.82. The van der Waals surface area contributed by atoms with Gasteiger partial charge in [-0.05, 0) is 23.6 Å². The fourth-order valence-corrected chi connectivity index (χ4v) is 2.40. The number of aliphatic carboxylic acids is 1. The largest absolute Gasteiger partial charge is 0.481 e. The second kappa shape index (κ2) is 6.72. The van der Waals surface area contributed by atoms with Crippen LogP contribution in [0.25, 0.3) is 0 Å². The van der Waals surface area contributed by atoms with Crippen LogP contribution in [-0.2, 0) is 17.8 Å². The highest BCUT2D eigenvalue weighted by Gasteiger charge is 2.23. The number of benzene rings is 1. The van der Waals surface area contributed by atoms with Gasteiger partial charge in [0.1, 0.15) is 12.2 Å². The Kier molecular flexibility index (Phi) is 4.96. The Bertz CT molecular complexity index is 625. The standard InChI is InChI=1S/C15H18ClN3O2/c1-10(2)8-19-14(17-9-18-19)7-13(15(20)21)11-4-3-5-12(16)6-11/h3-6,9-10,13H,7-8H2,1-2H3,(H,20,21). The molecule has 1 unspecified atom stereocenters. The summed E-state index contributed by atoms with van der Waals surface area (Å²) >= 11 is 5.95. The Hall–Kier alpha value is -1.88. The molecule has 2 rings (SSSR count). The van der Waals surface area contributed by atoms with E-state index < -0.39 is 11.9 Å². The van der Waals surface area contributed by atoms with Gasteiger partial charge in [-0.25, -0.2) is 9.67 Å². The summed E-state index contributed by atoms with van der Waals surface area (Å²) in [6, 6.07) is 6.94. The molecular formula is C15H18ClN3O2. The summed E-state index contributed by atoms with van der Waals surface area (Å²) in [5.74, 6) is -0.480.